The van der Waals surface area contributed by atoms with Crippen LogP contribution < -0.4 is 5.73 Å². The van der Waals surface area contributed by atoms with Crippen LogP contribution in [0.3, 0.4) is 0 Å². The molecule has 0 aliphatic rings. The lowest BCUT2D eigenvalue weighted by Crippen LogP contribution is -2.10. The fourth-order valence-corrected chi connectivity index (χ4v) is 1.63. The second kappa shape index (κ2) is 16.6. The molecular weight excluding hydrogens is 330 g/mol. The minimum atomic E-state index is -0.399. The molecular formula is C25H35NO. The number of aryl methyl sites for hydroxylation is 1. The van der Waals surface area contributed by atoms with E-state index >= 15 is 0 Å². The van der Waals surface area contributed by atoms with Crippen molar-refractivity contribution >= 4 is 18.1 Å². The van der Waals surface area contributed by atoms with Crippen LogP contribution in [0.2, 0.25) is 0 Å². The SMILES string of the molecule is C=CC(=C)C.CC.CC.Cc1ccc(/C=C/c2ccc(C(N)=O)cc2)cc1. The number of primary amides is 1. The van der Waals surface area contributed by atoms with Crippen LogP contribution in [0.4, 0.5) is 0 Å². The molecule has 0 spiro atoms. The fourth-order valence-electron chi connectivity index (χ4n) is 1.63. The first kappa shape index (κ1) is 26.4. The Labute approximate surface area is 166 Å². The van der Waals surface area contributed by atoms with E-state index in [1.807, 2.05) is 58.9 Å². The van der Waals surface area contributed by atoms with Gasteiger partial charge in [0.05, 0.1) is 0 Å². The lowest BCUT2D eigenvalue weighted by molar-refractivity contribution is 0.100. The molecule has 2 aromatic carbocycles. The lowest BCUT2D eigenvalue weighted by atomic mass is 10.1. The van der Waals surface area contributed by atoms with Gasteiger partial charge >= 0.3 is 0 Å². The topological polar surface area (TPSA) is 43.1 Å². The van der Waals surface area contributed by atoms with E-state index in [2.05, 4.69) is 44.3 Å². The molecule has 2 aromatic rings. The molecule has 0 aliphatic carbocycles. The van der Waals surface area contributed by atoms with Gasteiger partial charge in [-0.25, -0.2) is 0 Å². The van der Waals surface area contributed by atoms with E-state index in [4.69, 9.17) is 5.73 Å². The molecule has 0 saturated carbocycles. The molecule has 0 fully saturated rings. The van der Waals surface area contributed by atoms with E-state index in [1.165, 1.54) is 5.56 Å². The molecule has 0 atom stereocenters. The second-order valence-electron chi connectivity index (χ2n) is 5.28. The van der Waals surface area contributed by atoms with Gasteiger partial charge in [0.2, 0.25) is 5.91 Å². The number of carbonyl (C=O) groups excluding carboxylic acids is 1. The predicted molar refractivity (Wildman–Crippen MR) is 123 cm³/mol. The molecule has 0 bridgehead atoms. The van der Waals surface area contributed by atoms with E-state index in [0.29, 0.717) is 5.56 Å². The quantitative estimate of drug-likeness (QED) is 0.457. The van der Waals surface area contributed by atoms with E-state index < -0.39 is 5.91 Å². The minimum absolute atomic E-state index is 0.399. The van der Waals surface area contributed by atoms with Gasteiger partial charge < -0.3 is 5.73 Å². The number of carbonyl (C=O) groups is 1. The molecule has 2 rings (SSSR count). The maximum Gasteiger partial charge on any atom is 0.248 e. The average molecular weight is 366 g/mol. The molecule has 2 nitrogen and oxygen atoms in total. The molecule has 0 radical (unpaired) electrons. The zero-order chi connectivity index (χ0) is 21.2. The Hall–Kier alpha value is -2.87. The summed E-state index contributed by atoms with van der Waals surface area (Å²) in [5.74, 6) is -0.399. The van der Waals surface area contributed by atoms with Crippen molar-refractivity contribution in [2.45, 2.75) is 41.5 Å². The monoisotopic (exact) mass is 365 g/mol. The number of nitrogens with two attached hydrogens (primary N) is 1. The molecule has 0 unspecified atom stereocenters. The predicted octanol–water partition coefficient (Wildman–Crippen LogP) is 7.07. The van der Waals surface area contributed by atoms with Crippen LogP contribution in [0.5, 0.6) is 0 Å². The number of hydrogen-bond acceptors (Lipinski definition) is 1. The van der Waals surface area contributed by atoms with Gasteiger partial charge in [-0.1, -0.05) is 107 Å². The van der Waals surface area contributed by atoms with Crippen LogP contribution in [-0.2, 0) is 0 Å². The molecule has 27 heavy (non-hydrogen) atoms. The van der Waals surface area contributed by atoms with Gasteiger partial charge in [0.25, 0.3) is 0 Å². The Morgan fingerprint density at radius 1 is 0.852 bits per heavy atom. The maximum absolute atomic E-state index is 10.9. The van der Waals surface area contributed by atoms with Crippen molar-refractivity contribution in [2.75, 3.05) is 0 Å². The van der Waals surface area contributed by atoms with Crippen molar-refractivity contribution in [3.8, 4) is 0 Å². The van der Waals surface area contributed by atoms with Crippen LogP contribution in [0, 0.1) is 6.92 Å². The Kier molecular flexibility index (Phi) is 16.2. The number of rotatable bonds is 4. The molecule has 0 heterocycles. The maximum atomic E-state index is 10.9. The van der Waals surface area contributed by atoms with Crippen molar-refractivity contribution in [3.63, 3.8) is 0 Å². The molecule has 146 valence electrons. The normalized spacial score (nSPS) is 8.81. The van der Waals surface area contributed by atoms with Gasteiger partial charge in [-0.05, 0) is 37.1 Å². The van der Waals surface area contributed by atoms with Crippen LogP contribution in [0.15, 0.2) is 73.3 Å². The number of amides is 1. The van der Waals surface area contributed by atoms with E-state index in [9.17, 15) is 4.79 Å². The molecule has 1 amide bonds. The smallest absolute Gasteiger partial charge is 0.248 e. The van der Waals surface area contributed by atoms with Crippen LogP contribution in [0.25, 0.3) is 12.2 Å². The van der Waals surface area contributed by atoms with Crippen molar-refractivity contribution < 1.29 is 4.79 Å². The van der Waals surface area contributed by atoms with Gasteiger partial charge in [-0.15, -0.1) is 0 Å². The van der Waals surface area contributed by atoms with Crippen LogP contribution in [-0.4, -0.2) is 5.91 Å². The summed E-state index contributed by atoms with van der Waals surface area (Å²) in [7, 11) is 0. The van der Waals surface area contributed by atoms with E-state index in [-0.39, 0.29) is 0 Å². The standard InChI is InChI=1S/C16H15NO.C5H8.2C2H6/c1-12-2-4-13(5-3-12)6-7-14-8-10-15(11-9-14)16(17)18;1-4-5(2)3;2*1-2/h2-11H,1H3,(H2,17,18);4H,1-2H2,3H3;2*1-2H3/b7-6+;;;. The first-order chi connectivity index (χ1) is 12.9. The van der Waals surface area contributed by atoms with Crippen LogP contribution in [0.1, 0.15) is 61.7 Å². The first-order valence-electron chi connectivity index (χ1n) is 9.35. The Morgan fingerprint density at radius 2 is 1.19 bits per heavy atom. The van der Waals surface area contributed by atoms with Gasteiger partial charge in [0.1, 0.15) is 0 Å². The largest absolute Gasteiger partial charge is 0.366 e. The summed E-state index contributed by atoms with van der Waals surface area (Å²) < 4.78 is 0. The number of benzene rings is 2. The third-order valence-corrected chi connectivity index (χ3v) is 3.09. The Bertz CT molecular complexity index is 692. The van der Waals surface area contributed by atoms with Crippen LogP contribution >= 0.6 is 0 Å². The highest BCUT2D eigenvalue weighted by molar-refractivity contribution is 5.93. The summed E-state index contributed by atoms with van der Waals surface area (Å²) in [6, 6.07) is 15.5. The molecule has 0 aromatic heterocycles. The van der Waals surface area contributed by atoms with E-state index in [0.717, 1.165) is 16.7 Å². The van der Waals surface area contributed by atoms with Gasteiger partial charge in [-0.3, -0.25) is 4.79 Å². The highest BCUT2D eigenvalue weighted by Crippen LogP contribution is 2.10. The summed E-state index contributed by atoms with van der Waals surface area (Å²) in [6.45, 7) is 19.0. The second-order valence-corrected chi connectivity index (χ2v) is 5.28. The molecule has 0 saturated heterocycles. The van der Waals surface area contributed by atoms with E-state index in [1.54, 1.807) is 18.2 Å². The summed E-state index contributed by atoms with van der Waals surface area (Å²) >= 11 is 0. The summed E-state index contributed by atoms with van der Waals surface area (Å²) in [5, 5.41) is 0. The third-order valence-electron chi connectivity index (χ3n) is 3.09. The van der Waals surface area contributed by atoms with Crippen molar-refractivity contribution in [3.05, 3.63) is 95.6 Å². The number of allylic oxidation sites excluding steroid dienone is 2. The zero-order valence-corrected chi connectivity index (χ0v) is 17.8. The highest BCUT2D eigenvalue weighted by Gasteiger charge is 1.97. The third kappa shape index (κ3) is 13.1. The summed E-state index contributed by atoms with van der Waals surface area (Å²) in [5.41, 5.74) is 10.2. The average Bonchev–Trinajstić information content (AvgIpc) is 2.71. The van der Waals surface area contributed by atoms with Gasteiger partial charge in [0.15, 0.2) is 0 Å². The van der Waals surface area contributed by atoms with Crippen molar-refractivity contribution in [1.82, 2.24) is 0 Å². The summed E-state index contributed by atoms with van der Waals surface area (Å²) in [4.78, 5) is 10.9. The zero-order valence-electron chi connectivity index (χ0n) is 17.8. The van der Waals surface area contributed by atoms with Gasteiger partial charge in [-0.2, -0.15) is 0 Å². The highest BCUT2D eigenvalue weighted by atomic mass is 16.1. The molecule has 2 heteroatoms. The van der Waals surface area contributed by atoms with Gasteiger partial charge in [0, 0.05) is 5.56 Å². The van der Waals surface area contributed by atoms with Crippen molar-refractivity contribution in [1.29, 1.82) is 0 Å². The summed E-state index contributed by atoms with van der Waals surface area (Å²) in [6.07, 6.45) is 5.77. The Balaban J connectivity index is 0. The number of hydrogen-bond donors (Lipinski definition) is 1. The fraction of sp³-hybridized carbons (Fsp3) is 0.240. The first-order valence-corrected chi connectivity index (χ1v) is 9.35. The molecule has 0 aliphatic heterocycles. The van der Waals surface area contributed by atoms with Crippen molar-refractivity contribution in [2.24, 2.45) is 5.73 Å². The minimum Gasteiger partial charge on any atom is -0.366 e. The Morgan fingerprint density at radius 3 is 1.48 bits per heavy atom. The molecule has 2 N–H and O–H groups in total. The lowest BCUT2D eigenvalue weighted by Gasteiger charge is -1.97.